The Hall–Kier alpha value is -7.56. The number of rotatable bonds is 4. The molecule has 1 atom stereocenters. The molecule has 0 saturated carbocycles. The predicted molar refractivity (Wildman–Crippen MR) is 264 cm³/mol. The molecule has 4 nitrogen and oxygen atoms in total. The van der Waals surface area contributed by atoms with Crippen LogP contribution in [0.15, 0.2) is 205 Å². The van der Waals surface area contributed by atoms with E-state index in [4.69, 9.17) is 9.47 Å². The second-order valence-corrected chi connectivity index (χ2v) is 16.5. The molecule has 2 aliphatic carbocycles. The number of fused-ring (bicyclic) bond motifs is 7. The Balaban J connectivity index is 0.000000175. The average molecular weight is 819 g/mol. The molecule has 4 heteroatoms. The van der Waals surface area contributed by atoms with Gasteiger partial charge in [-0.15, -0.1) is 0 Å². The maximum Gasteiger partial charge on any atom is 0.134 e. The van der Waals surface area contributed by atoms with Crippen LogP contribution >= 0.6 is 0 Å². The average Bonchev–Trinajstić information content (AvgIpc) is 3.46. The van der Waals surface area contributed by atoms with E-state index >= 15 is 0 Å². The summed E-state index contributed by atoms with van der Waals surface area (Å²) >= 11 is 0. The number of H-pyrrole nitrogens is 1. The number of aryl methyl sites for hydroxylation is 3. The van der Waals surface area contributed by atoms with E-state index in [9.17, 15) is 0 Å². The van der Waals surface area contributed by atoms with Gasteiger partial charge in [0, 0.05) is 44.7 Å². The number of hydrogen-bond donors (Lipinski definition) is 2. The smallest absolute Gasteiger partial charge is 0.134 e. The summed E-state index contributed by atoms with van der Waals surface area (Å²) in [5.41, 5.74) is 14.7. The van der Waals surface area contributed by atoms with Gasteiger partial charge < -0.3 is 19.8 Å². The number of para-hydroxylation sites is 3. The maximum atomic E-state index is 6.25. The zero-order chi connectivity index (χ0) is 42.4. The lowest BCUT2D eigenvalue weighted by molar-refractivity contribution is 0.479. The summed E-state index contributed by atoms with van der Waals surface area (Å²) in [4.78, 5) is 3.63. The monoisotopic (exact) mass is 818 g/mol. The largest absolute Gasteiger partial charge is 0.457 e. The van der Waals surface area contributed by atoms with Gasteiger partial charge in [0.05, 0.1) is 0 Å². The molecule has 4 aliphatic rings. The minimum absolute atomic E-state index is 0.158. The van der Waals surface area contributed by atoms with Crippen molar-refractivity contribution in [3.8, 4) is 23.0 Å². The Kier molecular flexibility index (Phi) is 11.4. The first-order valence-corrected chi connectivity index (χ1v) is 22.1. The van der Waals surface area contributed by atoms with E-state index in [1.54, 1.807) is 0 Å². The molecule has 2 N–H and O–H groups in total. The van der Waals surface area contributed by atoms with Crippen molar-refractivity contribution >= 4 is 45.2 Å². The van der Waals surface area contributed by atoms with Gasteiger partial charge >= 0.3 is 0 Å². The second kappa shape index (κ2) is 18.2. The van der Waals surface area contributed by atoms with Gasteiger partial charge in [0.15, 0.2) is 0 Å². The van der Waals surface area contributed by atoms with Gasteiger partial charge in [-0.25, -0.2) is 0 Å². The third kappa shape index (κ3) is 9.07. The summed E-state index contributed by atoms with van der Waals surface area (Å²) < 4.78 is 12.2. The summed E-state index contributed by atoms with van der Waals surface area (Å²) in [6.45, 7) is 2.10. The van der Waals surface area contributed by atoms with E-state index in [0.29, 0.717) is 0 Å². The third-order valence-electron chi connectivity index (χ3n) is 12.0. The van der Waals surface area contributed by atoms with Crippen LogP contribution in [0.4, 0.5) is 5.69 Å². The number of ether oxygens (including phenoxy) is 2. The molecule has 7 aromatic carbocycles. The van der Waals surface area contributed by atoms with Gasteiger partial charge in [-0.3, -0.25) is 0 Å². The van der Waals surface area contributed by atoms with Crippen LogP contribution in [0.3, 0.4) is 0 Å². The van der Waals surface area contributed by atoms with Gasteiger partial charge in [-0.2, -0.15) is 0 Å². The highest BCUT2D eigenvalue weighted by molar-refractivity contribution is 6.07. The number of anilines is 1. The summed E-state index contributed by atoms with van der Waals surface area (Å²) in [5.74, 6) is 3.79. The number of aromatic amines is 1. The molecule has 0 amide bonds. The fourth-order valence-corrected chi connectivity index (χ4v) is 8.79. The molecule has 1 unspecified atom stereocenters. The fraction of sp³-hybridized carbons (Fsp3) is 0.119. The van der Waals surface area contributed by atoms with Crippen molar-refractivity contribution in [3.05, 3.63) is 239 Å². The summed E-state index contributed by atoms with van der Waals surface area (Å²) in [5, 5.41) is 6.38. The van der Waals surface area contributed by atoms with E-state index in [2.05, 4.69) is 157 Å². The molecule has 1 aromatic heterocycles. The molecule has 0 fully saturated rings. The second-order valence-electron chi connectivity index (χ2n) is 16.5. The Morgan fingerprint density at radius 3 is 2.10 bits per heavy atom. The Bertz CT molecular complexity index is 3060. The molecule has 0 radical (unpaired) electrons. The van der Waals surface area contributed by atoms with E-state index in [-0.39, 0.29) is 6.04 Å². The zero-order valence-corrected chi connectivity index (χ0v) is 35.6. The van der Waals surface area contributed by atoms with Crippen molar-refractivity contribution in [2.75, 3.05) is 5.32 Å². The Morgan fingerprint density at radius 1 is 0.540 bits per heavy atom. The van der Waals surface area contributed by atoms with Crippen LogP contribution in [0.25, 0.3) is 39.5 Å². The van der Waals surface area contributed by atoms with Crippen molar-refractivity contribution in [1.82, 2.24) is 4.98 Å². The van der Waals surface area contributed by atoms with Gasteiger partial charge in [0.1, 0.15) is 23.0 Å². The number of allylic oxidation sites excluding steroid dienone is 6. The number of nitrogens with one attached hydrogen (secondary N) is 2. The normalized spacial score (nSPS) is 15.6. The first kappa shape index (κ1) is 39.6. The van der Waals surface area contributed by atoms with E-state index in [0.717, 1.165) is 71.9 Å². The molecule has 63 heavy (non-hydrogen) atoms. The highest BCUT2D eigenvalue weighted by Gasteiger charge is 2.21. The van der Waals surface area contributed by atoms with Crippen LogP contribution in [-0.4, -0.2) is 11.0 Å². The van der Waals surface area contributed by atoms with Crippen LogP contribution in [0.1, 0.15) is 52.6 Å². The SMILES string of the molecule is C1=CC(C2=CC(Nc3ccc4c(c3)C=Cc3ccccc3O4)CC(c3ccc4c(c3)[nH]c3ccccc34)=C2)=CCC1.Cc1ccc2c(c1)Oc1ccccc1CC2.c1ccccc1. The van der Waals surface area contributed by atoms with Crippen LogP contribution in [0.5, 0.6) is 23.0 Å². The van der Waals surface area contributed by atoms with E-state index < -0.39 is 0 Å². The van der Waals surface area contributed by atoms with Crippen molar-refractivity contribution in [2.45, 2.75) is 45.1 Å². The highest BCUT2D eigenvalue weighted by Crippen LogP contribution is 2.39. The molecule has 2 aliphatic heterocycles. The molecule has 0 spiro atoms. The number of benzene rings is 7. The van der Waals surface area contributed by atoms with Crippen LogP contribution in [0.2, 0.25) is 0 Å². The van der Waals surface area contributed by atoms with Gasteiger partial charge in [-0.1, -0.05) is 158 Å². The first-order chi connectivity index (χ1) is 31.1. The molecule has 0 bridgehead atoms. The third-order valence-corrected chi connectivity index (χ3v) is 12.0. The molecular weight excluding hydrogens is 769 g/mol. The van der Waals surface area contributed by atoms with Crippen molar-refractivity contribution in [1.29, 1.82) is 0 Å². The predicted octanol–water partition coefficient (Wildman–Crippen LogP) is 15.6. The highest BCUT2D eigenvalue weighted by atomic mass is 16.5. The van der Waals surface area contributed by atoms with Gasteiger partial charge in [0.25, 0.3) is 0 Å². The molecular formula is C59H50N2O2. The number of hydrogen-bond acceptors (Lipinski definition) is 3. The Morgan fingerprint density at radius 2 is 1.25 bits per heavy atom. The van der Waals surface area contributed by atoms with Crippen molar-refractivity contribution in [3.63, 3.8) is 0 Å². The lowest BCUT2D eigenvalue weighted by Crippen LogP contribution is -2.21. The lowest BCUT2D eigenvalue weighted by Gasteiger charge is -2.25. The molecule has 0 saturated heterocycles. The minimum Gasteiger partial charge on any atom is -0.457 e. The van der Waals surface area contributed by atoms with Crippen molar-refractivity contribution in [2.24, 2.45) is 0 Å². The van der Waals surface area contributed by atoms with Crippen LogP contribution < -0.4 is 14.8 Å². The minimum atomic E-state index is 0.158. The van der Waals surface area contributed by atoms with Gasteiger partial charge in [-0.05, 0) is 127 Å². The van der Waals surface area contributed by atoms with Crippen molar-refractivity contribution < 1.29 is 9.47 Å². The zero-order valence-electron chi connectivity index (χ0n) is 35.6. The van der Waals surface area contributed by atoms with Crippen LogP contribution in [0, 0.1) is 6.92 Å². The lowest BCUT2D eigenvalue weighted by atomic mass is 9.86. The number of aromatic nitrogens is 1. The maximum absolute atomic E-state index is 6.25. The van der Waals surface area contributed by atoms with Gasteiger partial charge in [0.2, 0.25) is 0 Å². The Labute approximate surface area is 370 Å². The quantitative estimate of drug-likeness (QED) is 0.186. The molecule has 12 rings (SSSR count). The van der Waals surface area contributed by atoms with E-state index in [1.807, 2.05) is 66.7 Å². The topological polar surface area (TPSA) is 46.3 Å². The molecule has 3 heterocycles. The fourth-order valence-electron chi connectivity index (χ4n) is 8.79. The summed E-state index contributed by atoms with van der Waals surface area (Å²) in [6.07, 6.45) is 21.2. The first-order valence-electron chi connectivity index (χ1n) is 22.1. The molecule has 8 aromatic rings. The summed E-state index contributed by atoms with van der Waals surface area (Å²) in [7, 11) is 0. The van der Waals surface area contributed by atoms with Crippen LogP contribution in [-0.2, 0) is 12.8 Å². The van der Waals surface area contributed by atoms with E-state index in [1.165, 1.54) is 60.8 Å². The summed E-state index contributed by atoms with van der Waals surface area (Å²) in [6, 6.07) is 56.8. The standard InChI is InChI=1S/C38H30N2O.C15H14O.C6H6/c1-2-8-25(9-3-1)29-20-30(27-16-18-34-33-11-5-6-12-35(33)40-36(34)24-27)23-32(22-29)39-31-17-19-38-28(21-31)15-14-26-10-4-7-13-37(26)41-38;1-11-6-7-13-9-8-12-4-2-3-5-14(12)16-15(13)10-11;1-2-4-6-5-3-1/h2,4-22,24,32,39-40H,1,3,23H2;2-7,10H,8-9H2,1H3;1-6H. The molecule has 308 valence electrons.